The summed E-state index contributed by atoms with van der Waals surface area (Å²) in [6.45, 7) is 4.15. The van der Waals surface area contributed by atoms with Gasteiger partial charge in [0.25, 0.3) is 0 Å². The summed E-state index contributed by atoms with van der Waals surface area (Å²) in [4.78, 5) is 10.7. The number of hydrogen-bond donors (Lipinski definition) is 1. The van der Waals surface area contributed by atoms with E-state index in [4.69, 9.17) is 0 Å². The molecule has 2 nitrogen and oxygen atoms in total. The molecule has 0 amide bonds. The van der Waals surface area contributed by atoms with Crippen LogP contribution in [0.25, 0.3) is 0 Å². The normalized spacial score (nSPS) is 9.56. The molecule has 1 N–H and O–H groups in total. The van der Waals surface area contributed by atoms with Gasteiger partial charge in [0.2, 0.25) is 0 Å². The second kappa shape index (κ2) is 5.76. The molecule has 0 fully saturated rings. The van der Waals surface area contributed by atoms with Gasteiger partial charge in [-0.1, -0.05) is 13.3 Å². The Morgan fingerprint density at radius 2 is 2.33 bits per heavy atom. The number of carbonyl (C=O) groups excluding carboxylic acids is 1. The summed E-state index contributed by atoms with van der Waals surface area (Å²) in [6.07, 6.45) is 2.44. The standard InChI is InChI=1S/C7H14NO/c1-3-4-5-7(9)6-8-2/h8H,1,3-6H2,2H3. The highest BCUT2D eigenvalue weighted by atomic mass is 16.1. The summed E-state index contributed by atoms with van der Waals surface area (Å²) >= 11 is 0. The number of carbonyl (C=O) groups is 1. The summed E-state index contributed by atoms with van der Waals surface area (Å²) < 4.78 is 0. The van der Waals surface area contributed by atoms with Gasteiger partial charge in [-0.05, 0) is 13.5 Å². The lowest BCUT2D eigenvalue weighted by Crippen LogP contribution is -2.17. The van der Waals surface area contributed by atoms with Crippen LogP contribution in [0.5, 0.6) is 0 Å². The van der Waals surface area contributed by atoms with Crippen LogP contribution >= 0.6 is 0 Å². The highest BCUT2D eigenvalue weighted by Crippen LogP contribution is 1.92. The fourth-order valence-electron chi connectivity index (χ4n) is 0.608. The Balaban J connectivity index is 3.06. The van der Waals surface area contributed by atoms with Crippen LogP contribution in [0, 0.1) is 6.92 Å². The lowest BCUT2D eigenvalue weighted by atomic mass is 10.2. The number of nitrogens with one attached hydrogen (secondary N) is 1. The van der Waals surface area contributed by atoms with Crippen molar-refractivity contribution < 1.29 is 4.79 Å². The Morgan fingerprint density at radius 1 is 1.67 bits per heavy atom. The molecule has 0 bridgehead atoms. The van der Waals surface area contributed by atoms with Crippen molar-refractivity contribution in [1.82, 2.24) is 5.32 Å². The largest absolute Gasteiger partial charge is 0.313 e. The second-order valence-electron chi connectivity index (χ2n) is 2.03. The molecule has 0 aliphatic carbocycles. The molecule has 0 spiro atoms. The summed E-state index contributed by atoms with van der Waals surface area (Å²) in [5.74, 6) is 0.279. The lowest BCUT2D eigenvalue weighted by molar-refractivity contribution is -0.118. The van der Waals surface area contributed by atoms with Gasteiger partial charge >= 0.3 is 0 Å². The minimum Gasteiger partial charge on any atom is -0.313 e. The molecule has 1 radical (unpaired) electrons. The zero-order valence-electron chi connectivity index (χ0n) is 5.94. The van der Waals surface area contributed by atoms with Crippen LogP contribution < -0.4 is 5.32 Å². The van der Waals surface area contributed by atoms with Crippen molar-refractivity contribution >= 4 is 5.78 Å². The Kier molecular flexibility index (Phi) is 5.52. The molecule has 53 valence electrons. The van der Waals surface area contributed by atoms with E-state index in [-0.39, 0.29) is 5.78 Å². The molecule has 0 unspecified atom stereocenters. The fourth-order valence-corrected chi connectivity index (χ4v) is 0.608. The molecule has 0 aromatic heterocycles. The van der Waals surface area contributed by atoms with E-state index < -0.39 is 0 Å². The van der Waals surface area contributed by atoms with Gasteiger partial charge in [0.1, 0.15) is 5.78 Å². The van der Waals surface area contributed by atoms with Crippen molar-refractivity contribution in [2.75, 3.05) is 13.6 Å². The van der Waals surface area contributed by atoms with Gasteiger partial charge in [-0.2, -0.15) is 0 Å². The van der Waals surface area contributed by atoms with Gasteiger partial charge in [0.15, 0.2) is 0 Å². The number of ketones is 1. The zero-order valence-corrected chi connectivity index (χ0v) is 5.94. The Hall–Kier alpha value is -0.370. The van der Waals surface area contributed by atoms with Gasteiger partial charge in [0.05, 0.1) is 6.54 Å². The fraction of sp³-hybridized carbons (Fsp3) is 0.714. The topological polar surface area (TPSA) is 29.1 Å². The molecular formula is C7H14NO. The Bertz CT molecular complexity index is 81.0. The van der Waals surface area contributed by atoms with E-state index in [0.29, 0.717) is 13.0 Å². The number of unbranched alkanes of at least 4 members (excludes halogenated alkanes) is 1. The minimum absolute atomic E-state index is 0.279. The van der Waals surface area contributed by atoms with Gasteiger partial charge in [-0.15, -0.1) is 0 Å². The number of Topliss-reactive ketones (excluding diaryl/α,β-unsaturated/α-hetero) is 1. The van der Waals surface area contributed by atoms with Crippen LogP contribution in [0.2, 0.25) is 0 Å². The van der Waals surface area contributed by atoms with Crippen LogP contribution in [-0.2, 0) is 4.79 Å². The maximum atomic E-state index is 10.7. The first-order valence-electron chi connectivity index (χ1n) is 3.26. The molecule has 0 atom stereocenters. The zero-order chi connectivity index (χ0) is 7.11. The third-order valence-corrected chi connectivity index (χ3v) is 1.08. The van der Waals surface area contributed by atoms with E-state index in [0.717, 1.165) is 12.8 Å². The molecule has 0 aromatic rings. The van der Waals surface area contributed by atoms with Crippen molar-refractivity contribution in [3.63, 3.8) is 0 Å². The first-order valence-corrected chi connectivity index (χ1v) is 3.26. The molecular weight excluding hydrogens is 114 g/mol. The van der Waals surface area contributed by atoms with E-state index in [1.54, 1.807) is 7.05 Å². The van der Waals surface area contributed by atoms with E-state index in [2.05, 4.69) is 12.2 Å². The van der Waals surface area contributed by atoms with Crippen LogP contribution in [0.1, 0.15) is 19.3 Å². The summed E-state index contributed by atoms with van der Waals surface area (Å²) in [7, 11) is 1.78. The molecule has 0 heterocycles. The molecule has 0 aromatic carbocycles. The molecule has 2 heteroatoms. The quantitative estimate of drug-likeness (QED) is 0.592. The van der Waals surface area contributed by atoms with Gasteiger partial charge in [0, 0.05) is 6.42 Å². The summed E-state index contributed by atoms with van der Waals surface area (Å²) in [5.41, 5.74) is 0. The smallest absolute Gasteiger partial charge is 0.146 e. The van der Waals surface area contributed by atoms with Crippen molar-refractivity contribution in [2.45, 2.75) is 19.3 Å². The predicted octanol–water partition coefficient (Wildman–Crippen LogP) is 0.779. The summed E-state index contributed by atoms with van der Waals surface area (Å²) in [6, 6.07) is 0. The Morgan fingerprint density at radius 3 is 2.78 bits per heavy atom. The maximum Gasteiger partial charge on any atom is 0.146 e. The molecule has 0 saturated heterocycles. The van der Waals surface area contributed by atoms with Crippen LogP contribution in [-0.4, -0.2) is 19.4 Å². The average molecular weight is 128 g/mol. The van der Waals surface area contributed by atoms with E-state index in [1.807, 2.05) is 0 Å². The molecule has 0 saturated carbocycles. The first-order chi connectivity index (χ1) is 4.31. The average Bonchev–Trinajstić information content (AvgIpc) is 1.85. The van der Waals surface area contributed by atoms with E-state index in [1.165, 1.54) is 0 Å². The van der Waals surface area contributed by atoms with Crippen molar-refractivity contribution in [1.29, 1.82) is 0 Å². The highest BCUT2D eigenvalue weighted by Gasteiger charge is 1.96. The van der Waals surface area contributed by atoms with Gasteiger partial charge < -0.3 is 5.32 Å². The van der Waals surface area contributed by atoms with E-state index >= 15 is 0 Å². The monoisotopic (exact) mass is 128 g/mol. The number of likely N-dealkylation sites (N-methyl/N-ethyl adjacent to an activating group) is 1. The SMILES string of the molecule is [CH2]CCCC(=O)CNC. The van der Waals surface area contributed by atoms with Crippen LogP contribution in [0.15, 0.2) is 0 Å². The molecule has 0 aliphatic heterocycles. The summed E-state index contributed by atoms with van der Waals surface area (Å²) in [5, 5.41) is 2.81. The lowest BCUT2D eigenvalue weighted by Gasteiger charge is -1.95. The predicted molar refractivity (Wildman–Crippen MR) is 38.1 cm³/mol. The molecule has 0 rings (SSSR count). The van der Waals surface area contributed by atoms with Crippen molar-refractivity contribution in [3.05, 3.63) is 6.92 Å². The first kappa shape index (κ1) is 8.63. The molecule has 0 aliphatic rings. The molecule has 9 heavy (non-hydrogen) atoms. The third kappa shape index (κ3) is 5.50. The number of rotatable bonds is 5. The van der Waals surface area contributed by atoms with Gasteiger partial charge in [-0.25, -0.2) is 0 Å². The third-order valence-electron chi connectivity index (χ3n) is 1.08. The van der Waals surface area contributed by atoms with E-state index in [9.17, 15) is 4.79 Å². The van der Waals surface area contributed by atoms with Gasteiger partial charge in [-0.3, -0.25) is 4.79 Å². The number of hydrogen-bond acceptors (Lipinski definition) is 2. The van der Waals surface area contributed by atoms with Crippen LogP contribution in [0.4, 0.5) is 0 Å². The highest BCUT2D eigenvalue weighted by molar-refractivity contribution is 5.80. The Labute approximate surface area is 56.6 Å². The van der Waals surface area contributed by atoms with Crippen LogP contribution in [0.3, 0.4) is 0 Å². The van der Waals surface area contributed by atoms with Crippen molar-refractivity contribution in [2.24, 2.45) is 0 Å². The minimum atomic E-state index is 0.279. The maximum absolute atomic E-state index is 10.7. The van der Waals surface area contributed by atoms with Crippen molar-refractivity contribution in [3.8, 4) is 0 Å². The second-order valence-corrected chi connectivity index (χ2v) is 2.03.